The Bertz CT molecular complexity index is 1050. The first-order valence-corrected chi connectivity index (χ1v) is 9.20. The van der Waals surface area contributed by atoms with E-state index < -0.39 is 17.7 Å². The number of aryl methyl sites for hydroxylation is 2. The van der Waals surface area contributed by atoms with Gasteiger partial charge in [-0.25, -0.2) is 0 Å². The Morgan fingerprint density at radius 1 is 1.19 bits per heavy atom. The number of thiophene rings is 1. The summed E-state index contributed by atoms with van der Waals surface area (Å²) in [5.74, 6) is -0.914. The number of carbonyl (C=O) groups is 2. The second-order valence-corrected chi connectivity index (χ2v) is 7.33. The number of hydrogen-bond acceptors (Lipinski definition) is 6. The van der Waals surface area contributed by atoms with Crippen LogP contribution in [0.1, 0.15) is 27.8 Å². The molecule has 1 amide bonds. The molecule has 1 atom stereocenters. The summed E-state index contributed by atoms with van der Waals surface area (Å²) in [4.78, 5) is 27.6. The van der Waals surface area contributed by atoms with Crippen LogP contribution in [0.25, 0.3) is 5.76 Å². The van der Waals surface area contributed by atoms with Crippen LogP contribution in [-0.2, 0) is 9.59 Å². The predicted octanol–water partition coefficient (Wildman–Crippen LogP) is 3.98. The lowest BCUT2D eigenvalue weighted by Gasteiger charge is -2.21. The summed E-state index contributed by atoms with van der Waals surface area (Å²) in [5, 5.41) is 16.6. The fourth-order valence-electron chi connectivity index (χ4n) is 3.12. The Labute approximate surface area is 159 Å². The monoisotopic (exact) mass is 380 g/mol. The molecular weight excluding hydrogens is 364 g/mol. The Hall–Kier alpha value is -3.19. The van der Waals surface area contributed by atoms with Gasteiger partial charge in [-0.3, -0.25) is 14.5 Å². The van der Waals surface area contributed by atoms with E-state index in [-0.39, 0.29) is 17.2 Å². The fraction of sp³-hybridized carbons (Fsp3) is 0.150. The maximum absolute atomic E-state index is 12.8. The van der Waals surface area contributed by atoms with Gasteiger partial charge in [0.2, 0.25) is 0 Å². The zero-order valence-corrected chi connectivity index (χ0v) is 15.5. The lowest BCUT2D eigenvalue weighted by atomic mass is 9.99. The number of hydrogen-bond donors (Lipinski definition) is 1. The minimum absolute atomic E-state index is 0.0481. The zero-order valence-electron chi connectivity index (χ0n) is 14.7. The summed E-state index contributed by atoms with van der Waals surface area (Å²) in [5.41, 5.74) is 1.56. The average molecular weight is 380 g/mol. The summed E-state index contributed by atoms with van der Waals surface area (Å²) in [6.45, 7) is 3.64. The summed E-state index contributed by atoms with van der Waals surface area (Å²) in [6, 6.07) is 11.6. The maximum Gasteiger partial charge on any atom is 0.301 e. The van der Waals surface area contributed by atoms with Gasteiger partial charge in [-0.1, -0.05) is 41.1 Å². The highest BCUT2D eigenvalue weighted by atomic mass is 32.1. The van der Waals surface area contributed by atoms with Gasteiger partial charge in [0.15, 0.2) is 5.82 Å². The number of anilines is 1. The van der Waals surface area contributed by atoms with Crippen LogP contribution in [0.2, 0.25) is 0 Å². The molecule has 3 aromatic rings. The normalized spacial score (nSPS) is 19.0. The van der Waals surface area contributed by atoms with Crippen LogP contribution in [0.15, 0.2) is 57.9 Å². The minimum Gasteiger partial charge on any atom is -0.507 e. The van der Waals surface area contributed by atoms with Gasteiger partial charge in [-0.05, 0) is 25.3 Å². The summed E-state index contributed by atoms with van der Waals surface area (Å²) < 4.78 is 5.09. The molecule has 0 bridgehead atoms. The largest absolute Gasteiger partial charge is 0.507 e. The van der Waals surface area contributed by atoms with E-state index in [2.05, 4.69) is 5.16 Å². The van der Waals surface area contributed by atoms with Crippen LogP contribution < -0.4 is 4.90 Å². The average Bonchev–Trinajstić information content (AvgIpc) is 3.37. The topological polar surface area (TPSA) is 83.6 Å². The molecule has 1 N–H and O–H groups in total. The van der Waals surface area contributed by atoms with E-state index in [1.807, 2.05) is 36.6 Å². The van der Waals surface area contributed by atoms with Crippen LogP contribution in [0, 0.1) is 13.8 Å². The Morgan fingerprint density at radius 3 is 2.52 bits per heavy atom. The van der Waals surface area contributed by atoms with Gasteiger partial charge in [0.05, 0.1) is 5.57 Å². The van der Waals surface area contributed by atoms with Crippen molar-refractivity contribution >= 4 is 34.6 Å². The maximum atomic E-state index is 12.8. The molecule has 1 aliphatic rings. The molecule has 1 aromatic carbocycles. The van der Waals surface area contributed by atoms with E-state index in [1.54, 1.807) is 25.1 Å². The van der Waals surface area contributed by atoms with Gasteiger partial charge in [0.25, 0.3) is 5.78 Å². The molecule has 0 radical (unpaired) electrons. The molecule has 0 unspecified atom stereocenters. The van der Waals surface area contributed by atoms with Crippen molar-refractivity contribution in [1.82, 2.24) is 5.16 Å². The zero-order chi connectivity index (χ0) is 19.1. The van der Waals surface area contributed by atoms with Crippen LogP contribution in [0.5, 0.6) is 0 Å². The van der Waals surface area contributed by atoms with Gasteiger partial charge in [0.1, 0.15) is 17.6 Å². The molecule has 0 saturated carbocycles. The number of aliphatic hydroxyl groups is 1. The molecule has 2 aromatic heterocycles. The second-order valence-electron chi connectivity index (χ2n) is 6.35. The quantitative estimate of drug-likeness (QED) is 0.422. The first-order valence-electron chi connectivity index (χ1n) is 8.32. The lowest BCUT2D eigenvalue weighted by Crippen LogP contribution is -2.29. The number of Topliss-reactive ketones (excluding diaryl/α,β-unsaturated/α-hetero) is 1. The van der Waals surface area contributed by atoms with Crippen molar-refractivity contribution in [3.8, 4) is 0 Å². The Kier molecular flexibility index (Phi) is 4.16. The highest BCUT2D eigenvalue weighted by Crippen LogP contribution is 2.43. The van der Waals surface area contributed by atoms with Gasteiger partial charge in [0, 0.05) is 16.5 Å². The molecular formula is C20H16N2O4S. The molecule has 1 saturated heterocycles. The van der Waals surface area contributed by atoms with Crippen molar-refractivity contribution in [3.63, 3.8) is 0 Å². The molecule has 1 fully saturated rings. The van der Waals surface area contributed by atoms with Gasteiger partial charge >= 0.3 is 5.91 Å². The first kappa shape index (κ1) is 17.2. The number of ketones is 1. The van der Waals surface area contributed by atoms with Crippen molar-refractivity contribution in [2.45, 2.75) is 19.9 Å². The number of aliphatic hydroxyl groups excluding tert-OH is 1. The molecule has 7 heteroatoms. The highest BCUT2D eigenvalue weighted by molar-refractivity contribution is 7.10. The standard InChI is InChI=1S/C20H16N2O4S/c1-11-5-7-13(8-6-11)18(23)16-17(14-4-3-9-27-14)22(20(25)19(16)24)15-10-12(2)26-21-15/h3-10,17,23H,1-2H3/b18-16+/t17-/m1/s1. The molecule has 3 heterocycles. The van der Waals surface area contributed by atoms with Crippen molar-refractivity contribution in [1.29, 1.82) is 0 Å². The molecule has 0 aliphatic carbocycles. The van der Waals surface area contributed by atoms with E-state index in [1.165, 1.54) is 16.2 Å². The van der Waals surface area contributed by atoms with Crippen molar-refractivity contribution in [2.24, 2.45) is 0 Å². The third-order valence-electron chi connectivity index (χ3n) is 4.44. The van der Waals surface area contributed by atoms with E-state index in [0.717, 1.165) is 10.4 Å². The first-order chi connectivity index (χ1) is 13.0. The smallest absolute Gasteiger partial charge is 0.301 e. The van der Waals surface area contributed by atoms with E-state index in [4.69, 9.17) is 4.52 Å². The molecule has 27 heavy (non-hydrogen) atoms. The number of nitrogens with zero attached hydrogens (tertiary/aromatic N) is 2. The molecule has 6 nitrogen and oxygen atoms in total. The Morgan fingerprint density at radius 2 is 1.93 bits per heavy atom. The molecule has 0 spiro atoms. The molecule has 1 aliphatic heterocycles. The van der Waals surface area contributed by atoms with Crippen molar-refractivity contribution in [2.75, 3.05) is 4.90 Å². The lowest BCUT2D eigenvalue weighted by molar-refractivity contribution is -0.132. The summed E-state index contributed by atoms with van der Waals surface area (Å²) in [7, 11) is 0. The second kappa shape index (κ2) is 6.51. The predicted molar refractivity (Wildman–Crippen MR) is 102 cm³/mol. The van der Waals surface area contributed by atoms with Gasteiger partial charge < -0.3 is 9.63 Å². The number of carbonyl (C=O) groups excluding carboxylic acids is 2. The number of rotatable bonds is 3. The SMILES string of the molecule is Cc1ccc(/C(O)=C2\C(=O)C(=O)N(c3cc(C)on3)[C@@H]2c2cccs2)cc1. The number of amides is 1. The number of benzene rings is 1. The van der Waals surface area contributed by atoms with Gasteiger partial charge in [-0.15, -0.1) is 11.3 Å². The third kappa shape index (κ3) is 2.86. The van der Waals surface area contributed by atoms with Crippen LogP contribution in [-0.4, -0.2) is 22.0 Å². The van der Waals surface area contributed by atoms with Crippen LogP contribution in [0.4, 0.5) is 5.82 Å². The Balaban J connectivity index is 1.92. The van der Waals surface area contributed by atoms with Crippen molar-refractivity contribution in [3.05, 3.63) is 75.2 Å². The van der Waals surface area contributed by atoms with E-state index >= 15 is 0 Å². The van der Waals surface area contributed by atoms with E-state index in [9.17, 15) is 14.7 Å². The third-order valence-corrected chi connectivity index (χ3v) is 5.37. The molecule has 136 valence electrons. The summed E-state index contributed by atoms with van der Waals surface area (Å²) in [6.07, 6.45) is 0. The van der Waals surface area contributed by atoms with Crippen molar-refractivity contribution < 1.29 is 19.2 Å². The fourth-order valence-corrected chi connectivity index (χ4v) is 3.94. The summed E-state index contributed by atoms with van der Waals surface area (Å²) >= 11 is 1.40. The van der Waals surface area contributed by atoms with Crippen LogP contribution in [0.3, 0.4) is 0 Å². The van der Waals surface area contributed by atoms with Crippen LogP contribution >= 0.6 is 11.3 Å². The minimum atomic E-state index is -0.754. The number of aromatic nitrogens is 1. The van der Waals surface area contributed by atoms with E-state index in [0.29, 0.717) is 11.3 Å². The highest BCUT2D eigenvalue weighted by Gasteiger charge is 2.48. The van der Waals surface area contributed by atoms with Gasteiger partial charge in [-0.2, -0.15) is 0 Å². The molecule has 4 rings (SSSR count).